The second-order valence-electron chi connectivity index (χ2n) is 3.60. The van der Waals surface area contributed by atoms with Crippen LogP contribution in [0, 0.1) is 0 Å². The van der Waals surface area contributed by atoms with Crippen LogP contribution in [0.25, 0.3) is 0 Å². The Hall–Kier alpha value is -1.10. The van der Waals surface area contributed by atoms with Crippen LogP contribution in [-0.2, 0) is 9.53 Å². The summed E-state index contributed by atoms with van der Waals surface area (Å²) in [6.07, 6.45) is 2.31. The minimum Gasteiger partial charge on any atom is -0.385 e. The molecule has 1 heterocycles. The van der Waals surface area contributed by atoms with E-state index in [-0.39, 0.29) is 18.0 Å². The SMILES string of the molecule is CC[C@@H]1NC(=O)N(CCCCOC)C1=O. The van der Waals surface area contributed by atoms with Gasteiger partial charge in [-0.3, -0.25) is 9.69 Å². The summed E-state index contributed by atoms with van der Waals surface area (Å²) in [5, 5.41) is 2.65. The van der Waals surface area contributed by atoms with E-state index in [1.807, 2.05) is 6.92 Å². The highest BCUT2D eigenvalue weighted by atomic mass is 16.5. The van der Waals surface area contributed by atoms with Crippen molar-refractivity contribution in [1.29, 1.82) is 0 Å². The summed E-state index contributed by atoms with van der Waals surface area (Å²) in [5.74, 6) is -0.0973. The molecule has 0 bridgehead atoms. The summed E-state index contributed by atoms with van der Waals surface area (Å²) in [6.45, 7) is 3.04. The molecule has 0 aliphatic carbocycles. The summed E-state index contributed by atoms with van der Waals surface area (Å²) in [4.78, 5) is 24.3. The molecule has 5 nitrogen and oxygen atoms in total. The molecule has 3 amide bonds. The summed E-state index contributed by atoms with van der Waals surface area (Å²) in [5.41, 5.74) is 0. The van der Waals surface area contributed by atoms with E-state index in [1.165, 1.54) is 4.90 Å². The molecule has 86 valence electrons. The fourth-order valence-electron chi connectivity index (χ4n) is 1.58. The first-order valence-electron chi connectivity index (χ1n) is 5.31. The Kier molecular flexibility index (Phi) is 4.55. The van der Waals surface area contributed by atoms with Gasteiger partial charge in [0.15, 0.2) is 0 Å². The molecule has 1 saturated heterocycles. The molecule has 0 aromatic heterocycles. The number of rotatable bonds is 6. The Balaban J connectivity index is 2.34. The highest BCUT2D eigenvalue weighted by Gasteiger charge is 2.35. The van der Waals surface area contributed by atoms with E-state index < -0.39 is 0 Å². The number of hydrogen-bond acceptors (Lipinski definition) is 3. The number of nitrogens with one attached hydrogen (secondary N) is 1. The Bertz CT molecular complexity index is 243. The van der Waals surface area contributed by atoms with E-state index in [0.717, 1.165) is 12.8 Å². The molecule has 0 spiro atoms. The largest absolute Gasteiger partial charge is 0.385 e. The van der Waals surface area contributed by atoms with E-state index in [0.29, 0.717) is 19.6 Å². The van der Waals surface area contributed by atoms with Crippen LogP contribution in [0.3, 0.4) is 0 Å². The molecule has 1 aliphatic heterocycles. The van der Waals surface area contributed by atoms with Crippen LogP contribution >= 0.6 is 0 Å². The number of methoxy groups -OCH3 is 1. The first kappa shape index (κ1) is 12.0. The van der Waals surface area contributed by atoms with E-state index in [4.69, 9.17) is 4.74 Å². The molecule has 1 rings (SSSR count). The molecule has 1 N–H and O–H groups in total. The van der Waals surface area contributed by atoms with E-state index in [2.05, 4.69) is 5.32 Å². The third-order valence-electron chi connectivity index (χ3n) is 2.50. The lowest BCUT2D eigenvalue weighted by molar-refractivity contribution is -0.127. The van der Waals surface area contributed by atoms with Gasteiger partial charge in [0, 0.05) is 20.3 Å². The second-order valence-corrected chi connectivity index (χ2v) is 3.60. The van der Waals surface area contributed by atoms with Crippen LogP contribution < -0.4 is 5.32 Å². The number of carbonyl (C=O) groups is 2. The average molecular weight is 214 g/mol. The van der Waals surface area contributed by atoms with Gasteiger partial charge in [-0.25, -0.2) is 4.79 Å². The Morgan fingerprint density at radius 3 is 2.67 bits per heavy atom. The molecule has 1 atom stereocenters. The molecule has 1 fully saturated rings. The van der Waals surface area contributed by atoms with Gasteiger partial charge in [0.1, 0.15) is 6.04 Å². The zero-order chi connectivity index (χ0) is 11.3. The highest BCUT2D eigenvalue weighted by Crippen LogP contribution is 2.10. The van der Waals surface area contributed by atoms with Gasteiger partial charge < -0.3 is 10.1 Å². The molecule has 1 aliphatic rings. The number of urea groups is 1. The third kappa shape index (κ3) is 2.92. The monoisotopic (exact) mass is 214 g/mol. The Morgan fingerprint density at radius 2 is 2.13 bits per heavy atom. The molecular formula is C10H18N2O3. The van der Waals surface area contributed by atoms with Crippen LogP contribution in [0.5, 0.6) is 0 Å². The summed E-state index contributed by atoms with van der Waals surface area (Å²) >= 11 is 0. The summed E-state index contributed by atoms with van der Waals surface area (Å²) < 4.78 is 4.90. The number of amides is 3. The fraction of sp³-hybridized carbons (Fsp3) is 0.800. The fourth-order valence-corrected chi connectivity index (χ4v) is 1.58. The average Bonchev–Trinajstić information content (AvgIpc) is 2.50. The quantitative estimate of drug-likeness (QED) is 0.524. The standard InChI is InChI=1S/C10H18N2O3/c1-3-8-9(13)12(10(14)11-8)6-4-5-7-15-2/h8H,3-7H2,1-2H3,(H,11,14)/t8-/m0/s1. The van der Waals surface area contributed by atoms with Crippen LogP contribution in [0.4, 0.5) is 4.79 Å². The van der Waals surface area contributed by atoms with Crippen molar-refractivity contribution < 1.29 is 14.3 Å². The number of hydrogen-bond donors (Lipinski definition) is 1. The Labute approximate surface area is 89.8 Å². The van der Waals surface area contributed by atoms with Gasteiger partial charge in [-0.15, -0.1) is 0 Å². The molecule has 0 unspecified atom stereocenters. The topological polar surface area (TPSA) is 58.6 Å². The van der Waals surface area contributed by atoms with Crippen LogP contribution in [0.1, 0.15) is 26.2 Å². The van der Waals surface area contributed by atoms with Crippen molar-refractivity contribution in [2.24, 2.45) is 0 Å². The van der Waals surface area contributed by atoms with E-state index in [1.54, 1.807) is 7.11 Å². The van der Waals surface area contributed by atoms with Crippen LogP contribution in [0.2, 0.25) is 0 Å². The number of nitrogens with zero attached hydrogens (tertiary/aromatic N) is 1. The van der Waals surface area contributed by atoms with Gasteiger partial charge in [-0.1, -0.05) is 6.92 Å². The lowest BCUT2D eigenvalue weighted by atomic mass is 10.2. The first-order chi connectivity index (χ1) is 7.20. The summed E-state index contributed by atoms with van der Waals surface area (Å²) in [6, 6.07) is -0.579. The lowest BCUT2D eigenvalue weighted by Gasteiger charge is -2.12. The molecule has 0 aromatic rings. The maximum atomic E-state index is 11.6. The van der Waals surface area contributed by atoms with Gasteiger partial charge in [-0.2, -0.15) is 0 Å². The molecular weight excluding hydrogens is 196 g/mol. The van der Waals surface area contributed by atoms with Crippen molar-refractivity contribution in [3.05, 3.63) is 0 Å². The molecule has 15 heavy (non-hydrogen) atoms. The number of carbonyl (C=O) groups excluding carboxylic acids is 2. The lowest BCUT2D eigenvalue weighted by Crippen LogP contribution is -2.32. The smallest absolute Gasteiger partial charge is 0.324 e. The first-order valence-corrected chi connectivity index (χ1v) is 5.31. The molecule has 0 radical (unpaired) electrons. The molecule has 0 aromatic carbocycles. The van der Waals surface area contributed by atoms with Crippen LogP contribution in [-0.4, -0.2) is 43.1 Å². The van der Waals surface area contributed by atoms with Crippen molar-refractivity contribution in [3.8, 4) is 0 Å². The predicted octanol–water partition coefficient (Wildman–Crippen LogP) is 0.743. The summed E-state index contributed by atoms with van der Waals surface area (Å²) in [7, 11) is 1.64. The number of imide groups is 1. The highest BCUT2D eigenvalue weighted by molar-refractivity contribution is 6.04. The molecule has 0 saturated carbocycles. The van der Waals surface area contributed by atoms with Gasteiger partial charge >= 0.3 is 6.03 Å². The maximum Gasteiger partial charge on any atom is 0.324 e. The minimum absolute atomic E-state index is 0.0973. The van der Waals surface area contributed by atoms with Crippen molar-refractivity contribution in [3.63, 3.8) is 0 Å². The zero-order valence-corrected chi connectivity index (χ0v) is 9.28. The Morgan fingerprint density at radius 1 is 1.40 bits per heavy atom. The zero-order valence-electron chi connectivity index (χ0n) is 9.28. The third-order valence-corrected chi connectivity index (χ3v) is 2.50. The van der Waals surface area contributed by atoms with Crippen molar-refractivity contribution >= 4 is 11.9 Å². The van der Waals surface area contributed by atoms with Gasteiger partial charge in [0.2, 0.25) is 0 Å². The van der Waals surface area contributed by atoms with Crippen LogP contribution in [0.15, 0.2) is 0 Å². The maximum absolute atomic E-state index is 11.6. The van der Waals surface area contributed by atoms with Crippen molar-refractivity contribution in [2.45, 2.75) is 32.2 Å². The van der Waals surface area contributed by atoms with Crippen molar-refractivity contribution in [1.82, 2.24) is 10.2 Å². The van der Waals surface area contributed by atoms with Gasteiger partial charge in [0.05, 0.1) is 0 Å². The number of ether oxygens (including phenoxy) is 1. The van der Waals surface area contributed by atoms with E-state index in [9.17, 15) is 9.59 Å². The van der Waals surface area contributed by atoms with Gasteiger partial charge in [0.25, 0.3) is 5.91 Å². The normalized spacial score (nSPS) is 20.9. The minimum atomic E-state index is -0.320. The predicted molar refractivity (Wildman–Crippen MR) is 55.4 cm³/mol. The van der Waals surface area contributed by atoms with Crippen molar-refractivity contribution in [2.75, 3.05) is 20.3 Å². The van der Waals surface area contributed by atoms with Gasteiger partial charge in [-0.05, 0) is 19.3 Å². The number of unbranched alkanes of at least 4 members (excludes halogenated alkanes) is 1. The molecule has 5 heteroatoms. The second kappa shape index (κ2) is 5.70. The van der Waals surface area contributed by atoms with E-state index >= 15 is 0 Å².